The maximum Gasteiger partial charge on any atom is 0.416 e. The predicted octanol–water partition coefficient (Wildman–Crippen LogP) is 4.92. The Morgan fingerprint density at radius 1 is 1.07 bits per heavy atom. The van der Waals surface area contributed by atoms with Crippen LogP contribution in [0.5, 0.6) is 5.75 Å². The second-order valence-corrected chi connectivity index (χ2v) is 6.44. The molecule has 0 saturated heterocycles. The molecule has 150 valence electrons. The van der Waals surface area contributed by atoms with Crippen LogP contribution in [0.15, 0.2) is 67.0 Å². The van der Waals surface area contributed by atoms with Crippen LogP contribution in [0, 0.1) is 6.92 Å². The van der Waals surface area contributed by atoms with Crippen LogP contribution in [-0.4, -0.2) is 10.9 Å². The third-order valence-corrected chi connectivity index (χ3v) is 4.44. The molecule has 1 amide bonds. The Balaban J connectivity index is 1.59. The van der Waals surface area contributed by atoms with Gasteiger partial charge >= 0.3 is 6.18 Å². The number of carbonyl (C=O) groups is 1. The van der Waals surface area contributed by atoms with Crippen molar-refractivity contribution >= 4 is 5.91 Å². The number of nitrogens with zero attached hydrogens (tertiary/aromatic N) is 1. The molecule has 0 unspecified atom stereocenters. The number of hydrogen-bond donors (Lipinski definition) is 1. The van der Waals surface area contributed by atoms with Crippen molar-refractivity contribution in [3.05, 3.63) is 94.8 Å². The van der Waals surface area contributed by atoms with E-state index in [2.05, 4.69) is 10.3 Å². The van der Waals surface area contributed by atoms with Crippen LogP contribution in [0.25, 0.3) is 0 Å². The van der Waals surface area contributed by atoms with Crippen molar-refractivity contribution < 1.29 is 22.7 Å². The van der Waals surface area contributed by atoms with E-state index < -0.39 is 11.7 Å². The van der Waals surface area contributed by atoms with Crippen LogP contribution < -0.4 is 10.1 Å². The molecule has 3 rings (SSSR count). The number of amides is 1. The highest BCUT2D eigenvalue weighted by atomic mass is 19.4. The maximum absolute atomic E-state index is 13.0. The van der Waals surface area contributed by atoms with Gasteiger partial charge in [0.15, 0.2) is 0 Å². The van der Waals surface area contributed by atoms with Crippen molar-refractivity contribution in [1.82, 2.24) is 10.3 Å². The van der Waals surface area contributed by atoms with Crippen LogP contribution in [0.1, 0.15) is 32.6 Å². The van der Waals surface area contributed by atoms with Gasteiger partial charge in [0, 0.05) is 24.5 Å². The van der Waals surface area contributed by atoms with Gasteiger partial charge in [0.25, 0.3) is 5.91 Å². The third kappa shape index (κ3) is 5.34. The van der Waals surface area contributed by atoms with E-state index in [-0.39, 0.29) is 18.1 Å². The number of alkyl halides is 3. The normalized spacial score (nSPS) is 11.2. The summed E-state index contributed by atoms with van der Waals surface area (Å²) in [6.45, 7) is 1.79. The Morgan fingerprint density at radius 2 is 1.83 bits per heavy atom. The van der Waals surface area contributed by atoms with Gasteiger partial charge in [-0.2, -0.15) is 13.2 Å². The molecule has 0 bridgehead atoms. The number of carbonyl (C=O) groups excluding carboxylic acids is 1. The molecule has 1 aromatic heterocycles. The van der Waals surface area contributed by atoms with Crippen LogP contribution in [0.2, 0.25) is 0 Å². The number of halogens is 3. The van der Waals surface area contributed by atoms with Crippen LogP contribution >= 0.6 is 0 Å². The molecule has 0 radical (unpaired) electrons. The molecular formula is C22H19F3N2O2. The van der Waals surface area contributed by atoms with Crippen molar-refractivity contribution in [2.45, 2.75) is 26.3 Å². The SMILES string of the molecule is Cc1c(COc2ccc(C(=O)NCc3cccnc3)cc2)cccc1C(F)(F)F. The Bertz CT molecular complexity index is 972. The van der Waals surface area contributed by atoms with E-state index in [9.17, 15) is 18.0 Å². The Morgan fingerprint density at radius 3 is 2.48 bits per heavy atom. The second kappa shape index (κ2) is 8.77. The van der Waals surface area contributed by atoms with E-state index in [4.69, 9.17) is 4.74 Å². The Kier molecular flexibility index (Phi) is 6.16. The Labute approximate surface area is 166 Å². The monoisotopic (exact) mass is 400 g/mol. The summed E-state index contributed by atoms with van der Waals surface area (Å²) in [5.74, 6) is 0.222. The molecule has 0 spiro atoms. The average Bonchev–Trinajstić information content (AvgIpc) is 2.71. The molecule has 0 saturated carbocycles. The van der Waals surface area contributed by atoms with Gasteiger partial charge in [-0.1, -0.05) is 18.2 Å². The Hall–Kier alpha value is -3.35. The van der Waals surface area contributed by atoms with Gasteiger partial charge in [0.05, 0.1) is 5.56 Å². The van der Waals surface area contributed by atoms with E-state index >= 15 is 0 Å². The van der Waals surface area contributed by atoms with Crippen molar-refractivity contribution in [2.24, 2.45) is 0 Å². The zero-order chi connectivity index (χ0) is 20.9. The van der Waals surface area contributed by atoms with Crippen molar-refractivity contribution in [2.75, 3.05) is 0 Å². The number of ether oxygens (including phenoxy) is 1. The minimum absolute atomic E-state index is 0.00229. The first-order chi connectivity index (χ1) is 13.8. The largest absolute Gasteiger partial charge is 0.489 e. The molecule has 0 aliphatic heterocycles. The highest BCUT2D eigenvalue weighted by Crippen LogP contribution is 2.33. The van der Waals surface area contributed by atoms with Crippen molar-refractivity contribution in [1.29, 1.82) is 0 Å². The summed E-state index contributed by atoms with van der Waals surface area (Å²) in [5, 5.41) is 2.79. The van der Waals surface area contributed by atoms with Gasteiger partial charge in [0.2, 0.25) is 0 Å². The first kappa shape index (κ1) is 20.4. The summed E-state index contributed by atoms with van der Waals surface area (Å²) in [4.78, 5) is 16.2. The van der Waals surface area contributed by atoms with Gasteiger partial charge in [-0.15, -0.1) is 0 Å². The minimum atomic E-state index is -4.40. The van der Waals surface area contributed by atoms with Crippen molar-refractivity contribution in [3.8, 4) is 5.75 Å². The summed E-state index contributed by atoms with van der Waals surface area (Å²) < 4.78 is 44.6. The van der Waals surface area contributed by atoms with E-state index in [1.165, 1.54) is 13.0 Å². The molecule has 1 N–H and O–H groups in total. The zero-order valence-corrected chi connectivity index (χ0v) is 15.7. The van der Waals surface area contributed by atoms with Gasteiger partial charge in [0.1, 0.15) is 12.4 Å². The van der Waals surface area contributed by atoms with E-state index in [0.29, 0.717) is 23.4 Å². The fourth-order valence-electron chi connectivity index (χ4n) is 2.80. The lowest BCUT2D eigenvalue weighted by atomic mass is 10.0. The van der Waals surface area contributed by atoms with Crippen LogP contribution in [0.4, 0.5) is 13.2 Å². The van der Waals surface area contributed by atoms with Crippen molar-refractivity contribution in [3.63, 3.8) is 0 Å². The van der Waals surface area contributed by atoms with E-state index in [1.54, 1.807) is 48.8 Å². The maximum atomic E-state index is 13.0. The summed E-state index contributed by atoms with van der Waals surface area (Å²) in [6, 6.07) is 14.1. The number of benzene rings is 2. The highest BCUT2D eigenvalue weighted by Gasteiger charge is 2.32. The fourth-order valence-corrected chi connectivity index (χ4v) is 2.80. The lowest BCUT2D eigenvalue weighted by Crippen LogP contribution is -2.22. The molecule has 2 aromatic carbocycles. The van der Waals surface area contributed by atoms with E-state index in [1.807, 2.05) is 6.07 Å². The number of nitrogens with one attached hydrogen (secondary N) is 1. The first-order valence-corrected chi connectivity index (χ1v) is 8.90. The minimum Gasteiger partial charge on any atom is -0.489 e. The second-order valence-electron chi connectivity index (χ2n) is 6.44. The quantitative estimate of drug-likeness (QED) is 0.639. The highest BCUT2D eigenvalue weighted by molar-refractivity contribution is 5.94. The molecule has 0 aliphatic rings. The summed E-state index contributed by atoms with van der Waals surface area (Å²) in [5.41, 5.74) is 1.28. The predicted molar refractivity (Wildman–Crippen MR) is 102 cm³/mol. The molecular weight excluding hydrogens is 381 g/mol. The first-order valence-electron chi connectivity index (χ1n) is 8.90. The lowest BCUT2D eigenvalue weighted by molar-refractivity contribution is -0.138. The topological polar surface area (TPSA) is 51.2 Å². The number of rotatable bonds is 6. The smallest absolute Gasteiger partial charge is 0.416 e. The van der Waals surface area contributed by atoms with Gasteiger partial charge in [-0.05, 0) is 60.0 Å². The van der Waals surface area contributed by atoms with Crippen LogP contribution in [0.3, 0.4) is 0 Å². The molecule has 1 heterocycles. The fraction of sp³-hybridized carbons (Fsp3) is 0.182. The molecule has 0 atom stereocenters. The van der Waals surface area contributed by atoms with Gasteiger partial charge < -0.3 is 10.1 Å². The molecule has 4 nitrogen and oxygen atoms in total. The average molecular weight is 400 g/mol. The molecule has 29 heavy (non-hydrogen) atoms. The molecule has 0 aliphatic carbocycles. The number of pyridine rings is 1. The van der Waals surface area contributed by atoms with Crippen LogP contribution in [-0.2, 0) is 19.3 Å². The summed E-state index contributed by atoms with van der Waals surface area (Å²) in [7, 11) is 0. The number of hydrogen-bond acceptors (Lipinski definition) is 3. The summed E-state index contributed by atoms with van der Waals surface area (Å²) in [6.07, 6.45) is -1.07. The summed E-state index contributed by atoms with van der Waals surface area (Å²) >= 11 is 0. The number of aromatic nitrogens is 1. The molecule has 0 fully saturated rings. The molecule has 7 heteroatoms. The molecule has 3 aromatic rings. The lowest BCUT2D eigenvalue weighted by Gasteiger charge is -2.14. The standard InChI is InChI=1S/C22H19F3N2O2/c1-15-18(5-2-6-20(15)22(23,24)25)14-29-19-9-7-17(8-10-19)21(28)27-13-16-4-3-11-26-12-16/h2-12H,13-14H2,1H3,(H,27,28). The van der Waals surface area contributed by atoms with E-state index in [0.717, 1.165) is 11.6 Å². The third-order valence-electron chi connectivity index (χ3n) is 4.44. The zero-order valence-electron chi connectivity index (χ0n) is 15.7. The van der Waals surface area contributed by atoms with Gasteiger partial charge in [-0.3, -0.25) is 9.78 Å². The van der Waals surface area contributed by atoms with Gasteiger partial charge in [-0.25, -0.2) is 0 Å².